The summed E-state index contributed by atoms with van der Waals surface area (Å²) in [7, 11) is 0. The number of rotatable bonds is 8. The van der Waals surface area contributed by atoms with Crippen molar-refractivity contribution < 1.29 is 28.9 Å². The fraction of sp³-hybridized carbons (Fsp3) is 0.231. The third-order valence-corrected chi connectivity index (χ3v) is 10.1. The van der Waals surface area contributed by atoms with Gasteiger partial charge in [-0.25, -0.2) is 14.5 Å². The number of carbonyl (C=O) groups excluding carboxylic acids is 2. The first-order valence-corrected chi connectivity index (χ1v) is 20.1. The fourth-order valence-corrected chi connectivity index (χ4v) is 7.24. The van der Waals surface area contributed by atoms with Crippen LogP contribution >= 0.6 is 22.7 Å². The van der Waals surface area contributed by atoms with E-state index in [1.165, 1.54) is 52.5 Å². The number of carbonyl (C=O) groups is 2. The summed E-state index contributed by atoms with van der Waals surface area (Å²) in [6.07, 6.45) is 4.68. The highest BCUT2D eigenvalue weighted by Gasteiger charge is 2.29. The third kappa shape index (κ3) is 10.0. The fourth-order valence-electron chi connectivity index (χ4n) is 5.63. The lowest BCUT2D eigenvalue weighted by atomic mass is 10.1. The number of aromatic nitrogens is 8. The van der Waals surface area contributed by atoms with Crippen LogP contribution in [0.25, 0.3) is 32.0 Å². The molecule has 1 amide bonds. The van der Waals surface area contributed by atoms with Crippen molar-refractivity contribution in [2.75, 3.05) is 10.2 Å². The van der Waals surface area contributed by atoms with Crippen molar-refractivity contribution in [2.24, 2.45) is 4.99 Å². The van der Waals surface area contributed by atoms with Crippen LogP contribution in [0.2, 0.25) is 0 Å². The summed E-state index contributed by atoms with van der Waals surface area (Å²) in [6, 6.07) is 16.8. The number of hydrogen-bond donors (Lipinski definition) is 1. The second-order valence-electron chi connectivity index (χ2n) is 15.2. The topological polar surface area (TPSA) is 262 Å². The Morgan fingerprint density at radius 2 is 1.44 bits per heavy atom. The zero-order valence-corrected chi connectivity index (χ0v) is 35.4. The number of anilines is 4. The quantitative estimate of drug-likeness (QED) is 0.110. The molecule has 1 N–H and O–H groups in total. The maximum Gasteiger partial charge on any atom is 0.435 e. The number of hydrogen-bond acceptors (Lipinski definition) is 19. The highest BCUT2D eigenvalue weighted by atomic mass is 32.1. The van der Waals surface area contributed by atoms with Gasteiger partial charge in [0.1, 0.15) is 33.6 Å². The van der Waals surface area contributed by atoms with Crippen LogP contribution in [0, 0.1) is 20.2 Å². The van der Waals surface area contributed by atoms with Crippen molar-refractivity contribution in [2.45, 2.75) is 59.3 Å². The molecule has 316 valence electrons. The van der Waals surface area contributed by atoms with Crippen molar-refractivity contribution >= 4 is 85.3 Å². The van der Waals surface area contributed by atoms with E-state index in [2.05, 4.69) is 45.8 Å². The number of nitrogens with one attached hydrogen (secondary N) is 1. The van der Waals surface area contributed by atoms with E-state index in [-0.39, 0.29) is 16.8 Å². The van der Waals surface area contributed by atoms with Gasteiger partial charge in [0, 0.05) is 40.5 Å². The number of benzene rings is 2. The van der Waals surface area contributed by atoms with E-state index in [0.29, 0.717) is 42.9 Å². The Kier molecular flexibility index (Phi) is 11.7. The summed E-state index contributed by atoms with van der Waals surface area (Å²) in [4.78, 5) is 59.6. The Morgan fingerprint density at radius 3 is 2.08 bits per heavy atom. The van der Waals surface area contributed by atoms with Crippen LogP contribution in [0.15, 0.2) is 84.2 Å². The lowest BCUT2D eigenvalue weighted by Crippen LogP contribution is -2.33. The molecule has 0 fully saturated rings. The maximum atomic E-state index is 13.3. The second kappa shape index (κ2) is 17.1. The van der Waals surface area contributed by atoms with Crippen molar-refractivity contribution in [1.29, 1.82) is 0 Å². The molecule has 0 saturated carbocycles. The van der Waals surface area contributed by atoms with Crippen LogP contribution < -0.4 is 10.2 Å². The summed E-state index contributed by atoms with van der Waals surface area (Å²) in [5.41, 5.74) is 3.58. The van der Waals surface area contributed by atoms with Crippen LogP contribution in [-0.4, -0.2) is 79.6 Å². The normalized spacial score (nSPS) is 12.0. The molecule has 0 saturated heterocycles. The first-order chi connectivity index (χ1) is 29.4. The van der Waals surface area contributed by atoms with Crippen LogP contribution in [0.3, 0.4) is 0 Å². The Hall–Kier alpha value is -7.66. The van der Waals surface area contributed by atoms with Gasteiger partial charge in [-0.15, -0.1) is 20.4 Å². The molecule has 6 heterocycles. The predicted octanol–water partition coefficient (Wildman–Crippen LogP) is 8.90. The van der Waals surface area contributed by atoms with Gasteiger partial charge in [-0.05, 0) is 115 Å². The van der Waals surface area contributed by atoms with Crippen LogP contribution in [-0.2, 0) is 16.0 Å². The maximum absolute atomic E-state index is 13.3. The largest absolute Gasteiger partial charge is 0.443 e. The summed E-state index contributed by atoms with van der Waals surface area (Å²) >= 11 is 2.36. The van der Waals surface area contributed by atoms with E-state index in [1.807, 2.05) is 24.4 Å². The van der Waals surface area contributed by atoms with Gasteiger partial charge in [0.15, 0.2) is 0 Å². The number of ether oxygens (including phenoxy) is 2. The van der Waals surface area contributed by atoms with Crippen molar-refractivity contribution in [3.05, 3.63) is 111 Å². The van der Waals surface area contributed by atoms with Gasteiger partial charge in [-0.3, -0.25) is 4.99 Å². The molecule has 2 aromatic carbocycles. The highest BCUT2D eigenvalue weighted by Crippen LogP contribution is 2.36. The molecule has 0 bridgehead atoms. The van der Waals surface area contributed by atoms with Gasteiger partial charge in [0.2, 0.25) is 10.3 Å². The summed E-state index contributed by atoms with van der Waals surface area (Å²) in [6.45, 7) is 11.2. The minimum absolute atomic E-state index is 0.174. The Labute approximate surface area is 359 Å². The molecule has 1 aliphatic rings. The molecule has 0 spiro atoms. The zero-order chi connectivity index (χ0) is 44.3. The number of fused-ring (bicyclic) bond motifs is 2. The Balaban J connectivity index is 0.000000206. The van der Waals surface area contributed by atoms with Gasteiger partial charge >= 0.3 is 23.8 Å². The Morgan fingerprint density at radius 1 is 0.790 bits per heavy atom. The second-order valence-corrected chi connectivity index (χ2v) is 17.2. The van der Waals surface area contributed by atoms with Gasteiger partial charge in [-0.1, -0.05) is 28.7 Å². The van der Waals surface area contributed by atoms with Gasteiger partial charge in [0.25, 0.3) is 0 Å². The lowest BCUT2D eigenvalue weighted by Gasteiger charge is -2.25. The summed E-state index contributed by atoms with van der Waals surface area (Å²) in [5.74, 6) is -0.550. The van der Waals surface area contributed by atoms with Crippen molar-refractivity contribution in [3.8, 4) is 21.1 Å². The van der Waals surface area contributed by atoms with E-state index in [0.717, 1.165) is 33.8 Å². The van der Waals surface area contributed by atoms with Crippen LogP contribution in [0.4, 0.5) is 42.9 Å². The molecule has 7 aromatic rings. The number of amides is 1. The minimum Gasteiger partial charge on any atom is -0.443 e. The van der Waals surface area contributed by atoms with Gasteiger partial charge < -0.3 is 35.0 Å². The highest BCUT2D eigenvalue weighted by molar-refractivity contribution is 7.19. The third-order valence-electron chi connectivity index (χ3n) is 8.23. The van der Waals surface area contributed by atoms with Crippen LogP contribution in [0.1, 0.15) is 52.7 Å². The summed E-state index contributed by atoms with van der Waals surface area (Å²) < 4.78 is 12.2. The van der Waals surface area contributed by atoms with Gasteiger partial charge in [-0.2, -0.15) is 9.78 Å². The number of nitro groups is 2. The minimum atomic E-state index is -0.805. The molecule has 5 aromatic heterocycles. The molecule has 21 nitrogen and oxygen atoms in total. The van der Waals surface area contributed by atoms with Crippen molar-refractivity contribution in [3.63, 3.8) is 0 Å². The first-order valence-electron chi connectivity index (χ1n) is 18.4. The SMILES string of the molecule is CC(C)(C)OC(=O)N(c1ccc2c(cnn2C(=O)OC(C)(C)C)c1)c1nnc(-c2ccnc([N+](=O)[O-])c2)s1.O=[N+]([O-])c1cc(-c2nnc(Nc3ccc4c(c3)C=NC4)s2)ccn1. The van der Waals surface area contributed by atoms with E-state index in [1.54, 1.807) is 71.9 Å². The molecule has 0 radical (unpaired) electrons. The summed E-state index contributed by atoms with van der Waals surface area (Å²) in [5, 5.41) is 48.0. The monoisotopic (exact) mass is 877 g/mol. The molecule has 23 heteroatoms. The molecular weight excluding hydrogens is 843 g/mol. The standard InChI is InChI=1S/C24H25N7O6S.C15H10N6O2S/c1-23(2,3)36-21(32)29(20-28-27-19(38-20)14-9-10-25-18(12-14)31(34)35)16-7-8-17-15(11-16)13-26-30(17)22(33)37-24(4,5)6;22-21(23)13-6-9(3-4-17-13)14-19-20-15(24-14)18-12-2-1-10-7-16-8-11(10)5-12/h7-13H,1-6H3;1-6,8H,7H2,(H,18,20). The number of aliphatic imine (C=N–C) groups is 1. The molecular formula is C39H35N13O8S2. The average Bonchev–Trinajstić information content (AvgIpc) is 4.04. The molecule has 1 aliphatic heterocycles. The molecule has 0 aliphatic carbocycles. The van der Waals surface area contributed by atoms with E-state index in [4.69, 9.17) is 9.47 Å². The Bertz CT molecular complexity index is 2880. The van der Waals surface area contributed by atoms with E-state index < -0.39 is 33.2 Å². The van der Waals surface area contributed by atoms with E-state index >= 15 is 0 Å². The smallest absolute Gasteiger partial charge is 0.435 e. The average molecular weight is 878 g/mol. The lowest BCUT2D eigenvalue weighted by molar-refractivity contribution is -0.389. The predicted molar refractivity (Wildman–Crippen MR) is 230 cm³/mol. The molecule has 0 unspecified atom stereocenters. The van der Waals surface area contributed by atoms with E-state index in [9.17, 15) is 29.8 Å². The number of pyridine rings is 2. The molecule has 0 atom stereocenters. The molecule has 8 rings (SSSR count). The number of nitrogens with zero attached hydrogens (tertiary/aromatic N) is 12. The molecule has 62 heavy (non-hydrogen) atoms. The van der Waals surface area contributed by atoms with Gasteiger partial charge in [0.05, 0.1) is 23.9 Å². The van der Waals surface area contributed by atoms with Crippen molar-refractivity contribution in [1.82, 2.24) is 40.1 Å². The first kappa shape index (κ1) is 42.5. The van der Waals surface area contributed by atoms with Crippen LogP contribution in [0.5, 0.6) is 0 Å². The zero-order valence-electron chi connectivity index (χ0n) is 33.7.